The smallest absolute Gasteiger partial charge is 0.270 e. The van der Waals surface area contributed by atoms with Crippen molar-refractivity contribution < 1.29 is 9.59 Å². The van der Waals surface area contributed by atoms with E-state index in [2.05, 4.69) is 10.3 Å². The fraction of sp³-hybridized carbons (Fsp3) is 0.158. The molecule has 1 heterocycles. The molecule has 0 radical (unpaired) electrons. The minimum atomic E-state index is -0.121. The minimum absolute atomic E-state index is 0.0680. The molecule has 0 aliphatic heterocycles. The predicted octanol–water partition coefficient (Wildman–Crippen LogP) is 2.80. The number of benzene rings is 2. The number of aromatic amines is 1. The molecule has 0 bridgehead atoms. The zero-order valence-electron chi connectivity index (χ0n) is 13.7. The van der Waals surface area contributed by atoms with Gasteiger partial charge in [-0.2, -0.15) is 0 Å². The number of aromatic nitrogens is 1. The lowest BCUT2D eigenvalue weighted by Crippen LogP contribution is -2.26. The molecule has 5 heteroatoms. The van der Waals surface area contributed by atoms with Gasteiger partial charge < -0.3 is 15.2 Å². The van der Waals surface area contributed by atoms with Gasteiger partial charge in [-0.3, -0.25) is 9.59 Å². The SMILES string of the molecule is CNC(=O)c1ccc(CN(C)C(=O)c2cc3ccccc3[nH]2)cc1. The third kappa shape index (κ3) is 3.15. The van der Waals surface area contributed by atoms with Gasteiger partial charge in [-0.15, -0.1) is 0 Å². The van der Waals surface area contributed by atoms with E-state index in [1.807, 2.05) is 42.5 Å². The Morgan fingerprint density at radius 1 is 1.08 bits per heavy atom. The first-order chi connectivity index (χ1) is 11.6. The first-order valence-electron chi connectivity index (χ1n) is 7.72. The summed E-state index contributed by atoms with van der Waals surface area (Å²) in [6, 6.07) is 16.9. The van der Waals surface area contributed by atoms with E-state index in [0.29, 0.717) is 17.8 Å². The Hall–Kier alpha value is -3.08. The number of H-pyrrole nitrogens is 1. The summed E-state index contributed by atoms with van der Waals surface area (Å²) < 4.78 is 0. The molecule has 0 spiro atoms. The Labute approximate surface area is 140 Å². The molecular weight excluding hydrogens is 302 g/mol. The molecule has 0 fully saturated rings. The van der Waals surface area contributed by atoms with E-state index in [-0.39, 0.29) is 11.8 Å². The molecule has 2 N–H and O–H groups in total. The molecule has 0 aliphatic carbocycles. The molecule has 1 aromatic heterocycles. The van der Waals surface area contributed by atoms with Crippen LogP contribution in [0.25, 0.3) is 10.9 Å². The summed E-state index contributed by atoms with van der Waals surface area (Å²) in [5.74, 6) is -0.189. The largest absolute Gasteiger partial charge is 0.355 e. The minimum Gasteiger partial charge on any atom is -0.355 e. The van der Waals surface area contributed by atoms with Gasteiger partial charge in [-0.25, -0.2) is 0 Å². The third-order valence-electron chi connectivity index (χ3n) is 3.97. The van der Waals surface area contributed by atoms with Crippen molar-refractivity contribution in [2.45, 2.75) is 6.54 Å². The first-order valence-corrected chi connectivity index (χ1v) is 7.72. The number of para-hydroxylation sites is 1. The van der Waals surface area contributed by atoms with Gasteiger partial charge in [0.05, 0.1) is 0 Å². The van der Waals surface area contributed by atoms with Crippen LogP contribution >= 0.6 is 0 Å². The molecule has 122 valence electrons. The summed E-state index contributed by atoms with van der Waals surface area (Å²) in [5, 5.41) is 3.60. The standard InChI is InChI=1S/C19H19N3O2/c1-20-18(23)14-9-7-13(8-10-14)12-22(2)19(24)17-11-15-5-3-4-6-16(15)21-17/h3-11,21H,12H2,1-2H3,(H,20,23). The second kappa shape index (κ2) is 6.58. The average molecular weight is 321 g/mol. The van der Waals surface area contributed by atoms with Gasteiger partial charge in [0.15, 0.2) is 0 Å². The van der Waals surface area contributed by atoms with Crippen LogP contribution in [0.2, 0.25) is 0 Å². The van der Waals surface area contributed by atoms with E-state index in [1.165, 1.54) is 0 Å². The molecule has 0 saturated carbocycles. The number of hydrogen-bond donors (Lipinski definition) is 2. The fourth-order valence-electron chi connectivity index (χ4n) is 2.65. The monoisotopic (exact) mass is 321 g/mol. The van der Waals surface area contributed by atoms with Crippen LogP contribution in [0.3, 0.4) is 0 Å². The molecule has 0 atom stereocenters. The lowest BCUT2D eigenvalue weighted by Gasteiger charge is -2.16. The van der Waals surface area contributed by atoms with Crippen molar-refractivity contribution >= 4 is 22.7 Å². The highest BCUT2D eigenvalue weighted by molar-refractivity contribution is 5.98. The molecule has 0 saturated heterocycles. The Morgan fingerprint density at radius 3 is 2.46 bits per heavy atom. The number of carbonyl (C=O) groups excluding carboxylic acids is 2. The number of amides is 2. The summed E-state index contributed by atoms with van der Waals surface area (Å²) in [6.07, 6.45) is 0. The van der Waals surface area contributed by atoms with Crippen LogP contribution in [0.4, 0.5) is 0 Å². The number of nitrogens with one attached hydrogen (secondary N) is 2. The van der Waals surface area contributed by atoms with Crippen LogP contribution in [0.1, 0.15) is 26.4 Å². The van der Waals surface area contributed by atoms with Crippen LogP contribution in [-0.2, 0) is 6.54 Å². The zero-order valence-corrected chi connectivity index (χ0v) is 13.7. The molecule has 2 aromatic carbocycles. The molecule has 2 amide bonds. The molecule has 0 aliphatic rings. The van der Waals surface area contributed by atoms with Crippen molar-refractivity contribution in [3.8, 4) is 0 Å². The highest BCUT2D eigenvalue weighted by atomic mass is 16.2. The summed E-state index contributed by atoms with van der Waals surface area (Å²) in [6.45, 7) is 0.474. The van der Waals surface area contributed by atoms with E-state index in [1.54, 1.807) is 31.1 Å². The van der Waals surface area contributed by atoms with Crippen LogP contribution < -0.4 is 5.32 Å². The number of fused-ring (bicyclic) bond motifs is 1. The van der Waals surface area contributed by atoms with Gasteiger partial charge >= 0.3 is 0 Å². The summed E-state index contributed by atoms with van der Waals surface area (Å²) in [7, 11) is 3.36. The second-order valence-corrected chi connectivity index (χ2v) is 5.71. The molecule has 5 nitrogen and oxygen atoms in total. The number of carbonyl (C=O) groups is 2. The van der Waals surface area contributed by atoms with Crippen LogP contribution in [0.5, 0.6) is 0 Å². The average Bonchev–Trinajstić information content (AvgIpc) is 3.05. The highest BCUT2D eigenvalue weighted by Gasteiger charge is 2.14. The summed E-state index contributed by atoms with van der Waals surface area (Å²) in [5.41, 5.74) is 3.09. The van der Waals surface area contributed by atoms with Crippen molar-refractivity contribution in [1.29, 1.82) is 0 Å². The van der Waals surface area contributed by atoms with Crippen LogP contribution in [0, 0.1) is 0 Å². The van der Waals surface area contributed by atoms with Crippen molar-refractivity contribution in [1.82, 2.24) is 15.2 Å². The third-order valence-corrected chi connectivity index (χ3v) is 3.97. The lowest BCUT2D eigenvalue weighted by atomic mass is 10.1. The Kier molecular flexibility index (Phi) is 4.33. The number of nitrogens with zero attached hydrogens (tertiary/aromatic N) is 1. The quantitative estimate of drug-likeness (QED) is 0.776. The molecule has 24 heavy (non-hydrogen) atoms. The van der Waals surface area contributed by atoms with E-state index in [4.69, 9.17) is 0 Å². The first kappa shape index (κ1) is 15.8. The fourth-order valence-corrected chi connectivity index (χ4v) is 2.65. The number of hydrogen-bond acceptors (Lipinski definition) is 2. The van der Waals surface area contributed by atoms with Crippen LogP contribution in [0.15, 0.2) is 54.6 Å². The summed E-state index contributed by atoms with van der Waals surface area (Å²) >= 11 is 0. The molecule has 3 aromatic rings. The molecule has 3 rings (SSSR count). The maximum atomic E-state index is 12.6. The van der Waals surface area contributed by atoms with Crippen LogP contribution in [-0.4, -0.2) is 35.8 Å². The maximum absolute atomic E-state index is 12.6. The Balaban J connectivity index is 1.72. The highest BCUT2D eigenvalue weighted by Crippen LogP contribution is 2.16. The predicted molar refractivity (Wildman–Crippen MR) is 93.9 cm³/mol. The van der Waals surface area contributed by atoms with Gasteiger partial charge in [0.2, 0.25) is 0 Å². The molecule has 0 unspecified atom stereocenters. The lowest BCUT2D eigenvalue weighted by molar-refractivity contribution is 0.0780. The van der Waals surface area contributed by atoms with E-state index < -0.39 is 0 Å². The van der Waals surface area contributed by atoms with Crippen molar-refractivity contribution in [3.05, 3.63) is 71.4 Å². The van der Waals surface area contributed by atoms with E-state index in [0.717, 1.165) is 16.5 Å². The van der Waals surface area contributed by atoms with Crippen molar-refractivity contribution in [3.63, 3.8) is 0 Å². The second-order valence-electron chi connectivity index (χ2n) is 5.71. The Bertz CT molecular complexity index is 848. The van der Waals surface area contributed by atoms with Gasteiger partial charge in [0.25, 0.3) is 11.8 Å². The van der Waals surface area contributed by atoms with E-state index in [9.17, 15) is 9.59 Å². The van der Waals surface area contributed by atoms with E-state index >= 15 is 0 Å². The topological polar surface area (TPSA) is 65.2 Å². The zero-order chi connectivity index (χ0) is 17.1. The maximum Gasteiger partial charge on any atom is 0.270 e. The molecular formula is C19H19N3O2. The van der Waals surface area contributed by atoms with Gasteiger partial charge in [0.1, 0.15) is 5.69 Å². The normalized spacial score (nSPS) is 10.6. The van der Waals surface area contributed by atoms with Gasteiger partial charge in [-0.1, -0.05) is 30.3 Å². The van der Waals surface area contributed by atoms with Crippen molar-refractivity contribution in [2.75, 3.05) is 14.1 Å². The Morgan fingerprint density at radius 2 is 1.79 bits per heavy atom. The van der Waals surface area contributed by atoms with Crippen molar-refractivity contribution in [2.24, 2.45) is 0 Å². The van der Waals surface area contributed by atoms with Gasteiger partial charge in [-0.05, 0) is 29.8 Å². The van der Waals surface area contributed by atoms with Gasteiger partial charge in [0, 0.05) is 37.1 Å². The summed E-state index contributed by atoms with van der Waals surface area (Å²) in [4.78, 5) is 28.9. The number of rotatable bonds is 4.